The molecule has 0 unspecified atom stereocenters. The third kappa shape index (κ3) is 3.72. The Hall–Kier alpha value is -2.65. The van der Waals surface area contributed by atoms with Crippen LogP contribution >= 0.6 is 0 Å². The lowest BCUT2D eigenvalue weighted by atomic mass is 10.3. The minimum atomic E-state index is -4.31. The average molecular weight is 380 g/mol. The summed E-state index contributed by atoms with van der Waals surface area (Å²) in [6.07, 6.45) is 1.87. The monoisotopic (exact) mass is 380 g/mol. The fourth-order valence-electron chi connectivity index (χ4n) is 2.11. The van der Waals surface area contributed by atoms with Crippen LogP contribution in [-0.2, 0) is 24.7 Å². The number of rotatable bonds is 5. The van der Waals surface area contributed by atoms with Crippen molar-refractivity contribution in [3.8, 4) is 0 Å². The molecule has 0 aliphatic carbocycles. The highest BCUT2D eigenvalue weighted by atomic mass is 32.2. The smallest absolute Gasteiger partial charge is 0.273 e. The number of carbonyl (C=O) groups is 1. The van der Waals surface area contributed by atoms with Crippen molar-refractivity contribution >= 4 is 37.1 Å². The minimum absolute atomic E-state index is 0.00104. The van der Waals surface area contributed by atoms with E-state index in [4.69, 9.17) is 5.73 Å². The van der Waals surface area contributed by atoms with Crippen LogP contribution in [0.3, 0.4) is 0 Å². The van der Waals surface area contributed by atoms with E-state index in [1.165, 1.54) is 42.5 Å². The molecule has 0 bridgehead atoms. The van der Waals surface area contributed by atoms with Crippen LogP contribution in [-0.4, -0.2) is 29.0 Å². The second-order valence-electron chi connectivity index (χ2n) is 5.12. The molecule has 0 fully saturated rings. The fraction of sp³-hybridized carbons (Fsp3) is 0.0625. The molecule has 2 rings (SSSR count). The third-order valence-electron chi connectivity index (χ3n) is 3.31. The second-order valence-corrected chi connectivity index (χ2v) is 8.89. The van der Waals surface area contributed by atoms with Crippen LogP contribution in [0.15, 0.2) is 71.0 Å². The van der Waals surface area contributed by atoms with Crippen molar-refractivity contribution in [3.05, 3.63) is 61.2 Å². The summed E-state index contributed by atoms with van der Waals surface area (Å²) in [5, 5.41) is 0. The van der Waals surface area contributed by atoms with Gasteiger partial charge in [0.25, 0.3) is 15.9 Å². The molecule has 0 saturated heterocycles. The first-order chi connectivity index (χ1) is 11.6. The number of hydrogen-bond donors (Lipinski definition) is 1. The quantitative estimate of drug-likeness (QED) is 0.622. The average Bonchev–Trinajstić information content (AvgIpc) is 2.54. The molecule has 0 aromatic heterocycles. The summed E-state index contributed by atoms with van der Waals surface area (Å²) in [5.74, 6) is -0.893. The van der Waals surface area contributed by atoms with Crippen molar-refractivity contribution < 1.29 is 21.6 Å². The van der Waals surface area contributed by atoms with Gasteiger partial charge in [0.2, 0.25) is 0 Å². The number of amides is 1. The molecule has 1 amide bonds. The lowest BCUT2D eigenvalue weighted by molar-refractivity contribution is -0.113. The van der Waals surface area contributed by atoms with E-state index in [2.05, 4.69) is 6.58 Å². The van der Waals surface area contributed by atoms with Gasteiger partial charge in [-0.1, -0.05) is 18.7 Å². The molecule has 7 nitrogen and oxygen atoms in total. The van der Waals surface area contributed by atoms with E-state index in [0.717, 1.165) is 12.3 Å². The lowest BCUT2D eigenvalue weighted by Gasteiger charge is -2.22. The van der Waals surface area contributed by atoms with Gasteiger partial charge in [0.1, 0.15) is 4.90 Å². The van der Waals surface area contributed by atoms with Gasteiger partial charge in [0.15, 0.2) is 9.84 Å². The Morgan fingerprint density at radius 2 is 1.60 bits per heavy atom. The number of sulfone groups is 1. The molecule has 0 spiro atoms. The number of nitrogen functional groups attached to an aromatic ring is 1. The molecule has 2 aromatic carbocycles. The molecule has 9 heteroatoms. The summed E-state index contributed by atoms with van der Waals surface area (Å²) < 4.78 is 49.4. The van der Waals surface area contributed by atoms with Gasteiger partial charge in [0, 0.05) is 6.26 Å². The van der Waals surface area contributed by atoms with E-state index in [1.54, 1.807) is 6.07 Å². The maximum absolute atomic E-state index is 12.9. The Labute approximate surface area is 146 Å². The van der Waals surface area contributed by atoms with Crippen molar-refractivity contribution in [2.75, 3.05) is 16.3 Å². The fourth-order valence-corrected chi connectivity index (χ4v) is 4.26. The number of carbonyl (C=O) groups excluding carboxylic acids is 1. The predicted molar refractivity (Wildman–Crippen MR) is 95.3 cm³/mol. The molecule has 132 valence electrons. The molecule has 0 aliphatic rings. The summed E-state index contributed by atoms with van der Waals surface area (Å²) in [7, 11) is -7.76. The van der Waals surface area contributed by atoms with Crippen LogP contribution in [0.5, 0.6) is 0 Å². The Morgan fingerprint density at radius 3 is 2.08 bits per heavy atom. The molecule has 0 heterocycles. The predicted octanol–water partition coefficient (Wildman–Crippen LogP) is 1.58. The zero-order chi connectivity index (χ0) is 18.8. The largest absolute Gasteiger partial charge is 0.398 e. The molecule has 0 aliphatic heterocycles. The van der Waals surface area contributed by atoms with Crippen LogP contribution in [0.25, 0.3) is 0 Å². The van der Waals surface area contributed by atoms with Crippen LogP contribution in [0, 0.1) is 0 Å². The van der Waals surface area contributed by atoms with Crippen LogP contribution in [0.1, 0.15) is 0 Å². The van der Waals surface area contributed by atoms with Gasteiger partial charge in [0.05, 0.1) is 16.3 Å². The first kappa shape index (κ1) is 18.7. The van der Waals surface area contributed by atoms with Crippen LogP contribution in [0.4, 0.5) is 11.4 Å². The topological polar surface area (TPSA) is 115 Å². The first-order valence-corrected chi connectivity index (χ1v) is 10.3. The highest BCUT2D eigenvalue weighted by molar-refractivity contribution is 7.93. The molecule has 2 aromatic rings. The normalized spacial score (nSPS) is 11.7. The van der Waals surface area contributed by atoms with E-state index in [0.29, 0.717) is 4.31 Å². The number of hydrogen-bond acceptors (Lipinski definition) is 6. The van der Waals surface area contributed by atoms with Crippen molar-refractivity contribution in [2.45, 2.75) is 9.79 Å². The number of nitrogens with zero attached hydrogens (tertiary/aromatic N) is 1. The van der Waals surface area contributed by atoms with Crippen molar-refractivity contribution in [2.24, 2.45) is 0 Å². The van der Waals surface area contributed by atoms with Gasteiger partial charge in [-0.2, -0.15) is 4.31 Å². The zero-order valence-electron chi connectivity index (χ0n) is 13.3. The van der Waals surface area contributed by atoms with Gasteiger partial charge < -0.3 is 5.73 Å². The summed E-state index contributed by atoms with van der Waals surface area (Å²) >= 11 is 0. The maximum Gasteiger partial charge on any atom is 0.273 e. The summed E-state index contributed by atoms with van der Waals surface area (Å²) in [6.45, 7) is 3.31. The number of nitrogens with two attached hydrogens (primary N) is 1. The van der Waals surface area contributed by atoms with Crippen LogP contribution in [0.2, 0.25) is 0 Å². The SMILES string of the molecule is C=CC(=O)N(c1ccc(S(C)(=O)=O)cc1)S(=O)(=O)c1ccccc1N. The zero-order valence-corrected chi connectivity index (χ0v) is 14.9. The highest BCUT2D eigenvalue weighted by Gasteiger charge is 2.31. The number of sulfonamides is 1. The molecular formula is C16H16N2O5S2. The number of benzene rings is 2. The third-order valence-corrected chi connectivity index (χ3v) is 6.24. The minimum Gasteiger partial charge on any atom is -0.398 e. The van der Waals surface area contributed by atoms with Gasteiger partial charge in [-0.15, -0.1) is 0 Å². The number of para-hydroxylation sites is 1. The Kier molecular flexibility index (Phi) is 5.00. The van der Waals surface area contributed by atoms with Crippen molar-refractivity contribution in [1.29, 1.82) is 0 Å². The summed E-state index contributed by atoms with van der Waals surface area (Å²) in [4.78, 5) is 12.0. The van der Waals surface area contributed by atoms with Gasteiger partial charge in [-0.05, 0) is 42.5 Å². The molecular weight excluding hydrogens is 364 g/mol. The van der Waals surface area contributed by atoms with Crippen LogP contribution < -0.4 is 10.0 Å². The molecule has 2 N–H and O–H groups in total. The first-order valence-electron chi connectivity index (χ1n) is 6.95. The molecule has 0 saturated carbocycles. The van der Waals surface area contributed by atoms with E-state index < -0.39 is 25.8 Å². The van der Waals surface area contributed by atoms with E-state index in [-0.39, 0.29) is 21.2 Å². The Balaban J connectivity index is 2.64. The van der Waals surface area contributed by atoms with Crippen molar-refractivity contribution in [1.82, 2.24) is 0 Å². The van der Waals surface area contributed by atoms with E-state index >= 15 is 0 Å². The maximum atomic E-state index is 12.9. The van der Waals surface area contributed by atoms with E-state index in [9.17, 15) is 21.6 Å². The standard InChI is InChI=1S/C16H16N2O5S2/c1-3-16(19)18(12-8-10-13(11-9-12)24(2,20)21)25(22,23)15-7-5-4-6-14(15)17/h3-11H,1,17H2,2H3. The lowest BCUT2D eigenvalue weighted by Crippen LogP contribution is -2.36. The van der Waals surface area contributed by atoms with Crippen molar-refractivity contribution in [3.63, 3.8) is 0 Å². The highest BCUT2D eigenvalue weighted by Crippen LogP contribution is 2.28. The molecule has 0 radical (unpaired) electrons. The van der Waals surface area contributed by atoms with E-state index in [1.807, 2.05) is 0 Å². The van der Waals surface area contributed by atoms with Gasteiger partial charge in [-0.3, -0.25) is 4.79 Å². The Bertz CT molecular complexity index is 1030. The molecule has 0 atom stereocenters. The number of anilines is 2. The Morgan fingerprint density at radius 1 is 1.04 bits per heavy atom. The summed E-state index contributed by atoms with van der Waals surface area (Å²) in [6, 6.07) is 10.6. The summed E-state index contributed by atoms with van der Waals surface area (Å²) in [5.41, 5.74) is 5.68. The molecule has 25 heavy (non-hydrogen) atoms. The van der Waals surface area contributed by atoms with Gasteiger partial charge >= 0.3 is 0 Å². The van der Waals surface area contributed by atoms with Gasteiger partial charge in [-0.25, -0.2) is 16.8 Å². The second kappa shape index (κ2) is 6.69.